The molecule has 0 aliphatic heterocycles. The summed E-state index contributed by atoms with van der Waals surface area (Å²) in [5.41, 5.74) is 0.695. The number of rotatable bonds is 3. The second-order valence-electron chi connectivity index (χ2n) is 4.31. The molecule has 0 aliphatic rings. The third kappa shape index (κ3) is 3.22. The van der Waals surface area contributed by atoms with Crippen molar-refractivity contribution >= 4 is 17.3 Å². The molecule has 2 aromatic rings. The molecule has 4 nitrogen and oxygen atoms in total. The molecule has 0 saturated carbocycles. The molecule has 2 N–H and O–H groups in total. The van der Waals surface area contributed by atoms with Crippen LogP contribution in [0.15, 0.2) is 47.6 Å². The van der Waals surface area contributed by atoms with Gasteiger partial charge in [-0.1, -0.05) is 23.4 Å². The molecule has 0 radical (unpaired) electrons. The Kier molecular flexibility index (Phi) is 4.27. The Morgan fingerprint density at radius 2 is 1.86 bits per heavy atom. The number of nitrogens with zero attached hydrogens (tertiary/aromatic N) is 1. The molecule has 0 spiro atoms. The number of hydrogen-bond donors (Lipinski definition) is 2. The summed E-state index contributed by atoms with van der Waals surface area (Å²) in [7, 11) is 0. The van der Waals surface area contributed by atoms with Gasteiger partial charge >= 0.3 is 0 Å². The Morgan fingerprint density at radius 3 is 2.57 bits per heavy atom. The number of para-hydroxylation sites is 1. The normalized spacial score (nSPS) is 11.3. The Bertz CT molecular complexity index is 715. The van der Waals surface area contributed by atoms with Crippen LogP contribution in [0, 0.1) is 11.6 Å². The van der Waals surface area contributed by atoms with Crippen LogP contribution in [0.3, 0.4) is 0 Å². The van der Waals surface area contributed by atoms with Crippen molar-refractivity contribution in [1.82, 2.24) is 0 Å². The van der Waals surface area contributed by atoms with E-state index >= 15 is 0 Å². The Balaban J connectivity index is 2.34. The molecular formula is C15H12F2N2O2. The number of nitrogens with one attached hydrogen (secondary N) is 1. The van der Waals surface area contributed by atoms with Gasteiger partial charge in [0.25, 0.3) is 5.91 Å². The van der Waals surface area contributed by atoms with Crippen LogP contribution in [0.2, 0.25) is 0 Å². The average molecular weight is 290 g/mol. The minimum atomic E-state index is -0.820. The molecule has 0 unspecified atom stereocenters. The first kappa shape index (κ1) is 14.6. The zero-order valence-corrected chi connectivity index (χ0v) is 11.1. The van der Waals surface area contributed by atoms with Crippen LogP contribution < -0.4 is 5.32 Å². The molecule has 21 heavy (non-hydrogen) atoms. The third-order valence-electron chi connectivity index (χ3n) is 2.89. The zero-order chi connectivity index (χ0) is 15.4. The highest BCUT2D eigenvalue weighted by atomic mass is 19.1. The summed E-state index contributed by atoms with van der Waals surface area (Å²) in [6, 6.07) is 9.19. The number of halogens is 2. The summed E-state index contributed by atoms with van der Waals surface area (Å²) < 4.78 is 26.7. The van der Waals surface area contributed by atoms with E-state index < -0.39 is 23.1 Å². The fraction of sp³-hybridized carbons (Fsp3) is 0.0667. The lowest BCUT2D eigenvalue weighted by molar-refractivity contribution is 0.102. The lowest BCUT2D eigenvalue weighted by atomic mass is 10.1. The quantitative estimate of drug-likeness (QED) is 0.517. The van der Waals surface area contributed by atoms with Gasteiger partial charge in [0.15, 0.2) is 0 Å². The van der Waals surface area contributed by atoms with Crippen LogP contribution in [0.5, 0.6) is 0 Å². The van der Waals surface area contributed by atoms with Crippen molar-refractivity contribution < 1.29 is 18.8 Å². The molecule has 2 aromatic carbocycles. The first-order valence-corrected chi connectivity index (χ1v) is 6.07. The first-order chi connectivity index (χ1) is 10.0. The fourth-order valence-electron chi connectivity index (χ4n) is 1.82. The van der Waals surface area contributed by atoms with Gasteiger partial charge in [0.2, 0.25) is 0 Å². The minimum absolute atomic E-state index is 0.283. The van der Waals surface area contributed by atoms with E-state index in [2.05, 4.69) is 10.5 Å². The van der Waals surface area contributed by atoms with E-state index in [1.54, 1.807) is 31.2 Å². The van der Waals surface area contributed by atoms with Crippen LogP contribution in [0.25, 0.3) is 0 Å². The van der Waals surface area contributed by atoms with E-state index in [0.717, 1.165) is 18.2 Å². The van der Waals surface area contributed by atoms with Gasteiger partial charge in [-0.3, -0.25) is 4.79 Å². The number of amides is 1. The van der Waals surface area contributed by atoms with Crippen molar-refractivity contribution in [3.8, 4) is 0 Å². The number of hydrogen-bond acceptors (Lipinski definition) is 3. The molecule has 108 valence electrons. The van der Waals surface area contributed by atoms with Crippen molar-refractivity contribution in [2.24, 2.45) is 5.16 Å². The van der Waals surface area contributed by atoms with Crippen LogP contribution in [-0.4, -0.2) is 16.8 Å². The van der Waals surface area contributed by atoms with Crippen molar-refractivity contribution in [2.45, 2.75) is 6.92 Å². The van der Waals surface area contributed by atoms with Crippen LogP contribution in [0.4, 0.5) is 14.5 Å². The third-order valence-corrected chi connectivity index (χ3v) is 2.89. The van der Waals surface area contributed by atoms with Gasteiger partial charge in [-0.05, 0) is 31.2 Å². The van der Waals surface area contributed by atoms with E-state index in [1.807, 2.05) is 0 Å². The SMILES string of the molecule is C/C(=N\O)c1ccccc1NC(=O)c1cc(F)ccc1F. The number of benzene rings is 2. The van der Waals surface area contributed by atoms with Gasteiger partial charge in [0.1, 0.15) is 11.6 Å². The first-order valence-electron chi connectivity index (χ1n) is 6.07. The largest absolute Gasteiger partial charge is 0.411 e. The van der Waals surface area contributed by atoms with E-state index in [9.17, 15) is 13.6 Å². The summed E-state index contributed by atoms with van der Waals surface area (Å²) in [6.45, 7) is 1.55. The lowest BCUT2D eigenvalue weighted by Gasteiger charge is -2.10. The predicted molar refractivity (Wildman–Crippen MR) is 74.8 cm³/mol. The summed E-state index contributed by atoms with van der Waals surface area (Å²) in [4.78, 5) is 12.0. The molecule has 0 atom stereocenters. The molecule has 0 bridgehead atoms. The van der Waals surface area contributed by atoms with E-state index in [0.29, 0.717) is 11.3 Å². The zero-order valence-electron chi connectivity index (χ0n) is 11.1. The number of oxime groups is 1. The molecule has 0 aromatic heterocycles. The smallest absolute Gasteiger partial charge is 0.258 e. The topological polar surface area (TPSA) is 61.7 Å². The van der Waals surface area contributed by atoms with Crippen molar-refractivity contribution in [1.29, 1.82) is 0 Å². The van der Waals surface area contributed by atoms with Gasteiger partial charge in [0.05, 0.1) is 17.0 Å². The van der Waals surface area contributed by atoms with Gasteiger partial charge in [-0.2, -0.15) is 0 Å². The molecule has 2 rings (SSSR count). The van der Waals surface area contributed by atoms with Crippen molar-refractivity contribution in [2.75, 3.05) is 5.32 Å². The Morgan fingerprint density at radius 1 is 1.14 bits per heavy atom. The number of carbonyl (C=O) groups is 1. The minimum Gasteiger partial charge on any atom is -0.411 e. The summed E-state index contributed by atoms with van der Waals surface area (Å²) in [5.74, 6) is -2.31. The average Bonchev–Trinajstić information content (AvgIpc) is 2.49. The van der Waals surface area contributed by atoms with E-state index in [4.69, 9.17) is 5.21 Å². The fourth-order valence-corrected chi connectivity index (χ4v) is 1.82. The highest BCUT2D eigenvalue weighted by Gasteiger charge is 2.15. The van der Waals surface area contributed by atoms with Crippen molar-refractivity contribution in [3.05, 3.63) is 65.2 Å². The maximum absolute atomic E-state index is 13.6. The summed E-state index contributed by atoms with van der Waals surface area (Å²) in [5, 5.41) is 14.3. The van der Waals surface area contributed by atoms with E-state index in [1.165, 1.54) is 0 Å². The predicted octanol–water partition coefficient (Wildman–Crippen LogP) is 3.42. The maximum atomic E-state index is 13.6. The second-order valence-corrected chi connectivity index (χ2v) is 4.31. The second kappa shape index (κ2) is 6.13. The lowest BCUT2D eigenvalue weighted by Crippen LogP contribution is -2.16. The molecule has 0 fully saturated rings. The highest BCUT2D eigenvalue weighted by molar-refractivity contribution is 6.10. The van der Waals surface area contributed by atoms with Gasteiger partial charge in [-0.25, -0.2) is 8.78 Å². The molecular weight excluding hydrogens is 278 g/mol. The van der Waals surface area contributed by atoms with Gasteiger partial charge in [-0.15, -0.1) is 0 Å². The molecule has 0 aliphatic carbocycles. The molecule has 0 saturated heterocycles. The molecule has 0 heterocycles. The highest BCUT2D eigenvalue weighted by Crippen LogP contribution is 2.18. The van der Waals surface area contributed by atoms with E-state index in [-0.39, 0.29) is 5.71 Å². The van der Waals surface area contributed by atoms with Gasteiger partial charge < -0.3 is 10.5 Å². The Labute approximate surface area is 119 Å². The summed E-state index contributed by atoms with van der Waals surface area (Å²) >= 11 is 0. The van der Waals surface area contributed by atoms with Gasteiger partial charge in [0, 0.05) is 5.56 Å². The maximum Gasteiger partial charge on any atom is 0.258 e. The Hall–Kier alpha value is -2.76. The monoisotopic (exact) mass is 290 g/mol. The standard InChI is InChI=1S/C15H12F2N2O2/c1-9(19-21)11-4-2-3-5-14(11)18-15(20)12-8-10(16)6-7-13(12)17/h2-8,21H,1H3,(H,18,20)/b19-9+. The molecule has 6 heteroatoms. The van der Waals surface area contributed by atoms with Crippen LogP contribution in [0.1, 0.15) is 22.8 Å². The van der Waals surface area contributed by atoms with Crippen molar-refractivity contribution in [3.63, 3.8) is 0 Å². The summed E-state index contributed by atoms with van der Waals surface area (Å²) in [6.07, 6.45) is 0. The molecule has 1 amide bonds. The number of anilines is 1. The number of carbonyl (C=O) groups excluding carboxylic acids is 1. The van der Waals surface area contributed by atoms with Crippen LogP contribution >= 0.6 is 0 Å². The van der Waals surface area contributed by atoms with Crippen LogP contribution in [-0.2, 0) is 0 Å².